The van der Waals surface area contributed by atoms with Crippen LogP contribution < -0.4 is 5.32 Å². The van der Waals surface area contributed by atoms with Crippen molar-refractivity contribution in [2.45, 2.75) is 20.8 Å². The predicted octanol–water partition coefficient (Wildman–Crippen LogP) is 4.99. The van der Waals surface area contributed by atoms with Crippen molar-refractivity contribution in [3.8, 4) is 11.3 Å². The summed E-state index contributed by atoms with van der Waals surface area (Å²) in [5.74, 6) is 0.545. The number of ether oxygens (including phenoxy) is 1. The third-order valence-corrected chi connectivity index (χ3v) is 4.15. The van der Waals surface area contributed by atoms with E-state index in [0.29, 0.717) is 34.9 Å². The summed E-state index contributed by atoms with van der Waals surface area (Å²) in [5.41, 5.74) is 3.58. The number of rotatable bonds is 5. The molecule has 138 valence electrons. The molecule has 0 aliphatic carbocycles. The average molecular weight is 363 g/mol. The number of nitrogens with one attached hydrogen (secondary N) is 1. The topological polar surface area (TPSA) is 68.5 Å². The number of carbonyl (C=O) groups is 2. The number of carbonyl (C=O) groups excluding carboxylic acids is 2. The zero-order chi connectivity index (χ0) is 19.4. The minimum absolute atomic E-state index is 0.265. The first-order chi connectivity index (χ1) is 13.0. The Morgan fingerprint density at radius 3 is 2.30 bits per heavy atom. The van der Waals surface area contributed by atoms with Crippen molar-refractivity contribution in [1.82, 2.24) is 0 Å². The van der Waals surface area contributed by atoms with Gasteiger partial charge in [0.2, 0.25) is 0 Å². The Kier molecular flexibility index (Phi) is 5.41. The molecule has 0 radical (unpaired) electrons. The Hall–Kier alpha value is -3.34. The summed E-state index contributed by atoms with van der Waals surface area (Å²) >= 11 is 0. The molecule has 0 saturated heterocycles. The maximum Gasteiger partial charge on any atom is 0.338 e. The third-order valence-electron chi connectivity index (χ3n) is 4.15. The van der Waals surface area contributed by atoms with E-state index in [0.717, 1.165) is 11.1 Å². The molecule has 5 nitrogen and oxygen atoms in total. The Morgan fingerprint density at radius 1 is 1.00 bits per heavy atom. The zero-order valence-electron chi connectivity index (χ0n) is 15.5. The third kappa shape index (κ3) is 4.26. The van der Waals surface area contributed by atoms with Gasteiger partial charge in [0.15, 0.2) is 0 Å². The number of benzene rings is 2. The lowest BCUT2D eigenvalue weighted by Crippen LogP contribution is -2.12. The van der Waals surface area contributed by atoms with E-state index in [1.54, 1.807) is 44.2 Å². The van der Waals surface area contributed by atoms with Crippen LogP contribution in [-0.4, -0.2) is 18.5 Å². The SMILES string of the molecule is CCOC(=O)c1ccc(NC(=O)c2cc(-c3ccc(C)cc3)oc2C)cc1. The summed E-state index contributed by atoms with van der Waals surface area (Å²) in [7, 11) is 0. The fraction of sp³-hybridized carbons (Fsp3) is 0.182. The smallest absolute Gasteiger partial charge is 0.338 e. The van der Waals surface area contributed by atoms with Gasteiger partial charge in [0, 0.05) is 11.3 Å². The van der Waals surface area contributed by atoms with Crippen molar-refractivity contribution >= 4 is 17.6 Å². The number of aryl methyl sites for hydroxylation is 2. The van der Waals surface area contributed by atoms with Crippen molar-refractivity contribution in [2.24, 2.45) is 0 Å². The van der Waals surface area contributed by atoms with Crippen LogP contribution in [-0.2, 0) is 4.74 Å². The summed E-state index contributed by atoms with van der Waals surface area (Å²) in [4.78, 5) is 24.3. The lowest BCUT2D eigenvalue weighted by molar-refractivity contribution is 0.0526. The molecule has 1 N–H and O–H groups in total. The summed E-state index contributed by atoms with van der Waals surface area (Å²) < 4.78 is 10.7. The van der Waals surface area contributed by atoms with Crippen LogP contribution in [0.5, 0.6) is 0 Å². The van der Waals surface area contributed by atoms with Crippen LogP contribution in [0.15, 0.2) is 59.0 Å². The fourth-order valence-electron chi connectivity index (χ4n) is 2.67. The van der Waals surface area contributed by atoms with E-state index in [1.807, 2.05) is 31.2 Å². The summed E-state index contributed by atoms with van der Waals surface area (Å²) in [6.07, 6.45) is 0. The van der Waals surface area contributed by atoms with E-state index in [4.69, 9.17) is 9.15 Å². The number of furan rings is 1. The molecule has 0 bridgehead atoms. The number of esters is 1. The second kappa shape index (κ2) is 7.91. The van der Waals surface area contributed by atoms with Gasteiger partial charge in [-0.3, -0.25) is 4.79 Å². The molecule has 1 amide bonds. The van der Waals surface area contributed by atoms with Crippen LogP contribution in [0.2, 0.25) is 0 Å². The number of amides is 1. The molecule has 1 aromatic heterocycles. The molecule has 3 aromatic rings. The Labute approximate surface area is 158 Å². The van der Waals surface area contributed by atoms with Gasteiger partial charge in [-0.1, -0.05) is 29.8 Å². The Balaban J connectivity index is 1.74. The molecule has 0 saturated carbocycles. The van der Waals surface area contributed by atoms with Crippen LogP contribution in [0.25, 0.3) is 11.3 Å². The van der Waals surface area contributed by atoms with Gasteiger partial charge in [-0.2, -0.15) is 0 Å². The van der Waals surface area contributed by atoms with Crippen molar-refractivity contribution in [3.63, 3.8) is 0 Å². The first-order valence-electron chi connectivity index (χ1n) is 8.74. The first-order valence-corrected chi connectivity index (χ1v) is 8.74. The minimum atomic E-state index is -0.385. The number of hydrogen-bond donors (Lipinski definition) is 1. The Morgan fingerprint density at radius 2 is 1.67 bits per heavy atom. The summed E-state index contributed by atoms with van der Waals surface area (Å²) in [6.45, 7) is 5.85. The second-order valence-electron chi connectivity index (χ2n) is 6.20. The van der Waals surface area contributed by atoms with E-state index >= 15 is 0 Å². The van der Waals surface area contributed by atoms with Gasteiger partial charge in [0.1, 0.15) is 11.5 Å². The molecular formula is C22H21NO4. The molecule has 0 unspecified atom stereocenters. The fourth-order valence-corrected chi connectivity index (χ4v) is 2.67. The lowest BCUT2D eigenvalue weighted by Gasteiger charge is -2.06. The Bertz CT molecular complexity index is 953. The van der Waals surface area contributed by atoms with E-state index < -0.39 is 0 Å². The van der Waals surface area contributed by atoms with Crippen molar-refractivity contribution < 1.29 is 18.7 Å². The van der Waals surface area contributed by atoms with Crippen LogP contribution >= 0.6 is 0 Å². The number of hydrogen-bond acceptors (Lipinski definition) is 4. The van der Waals surface area contributed by atoms with Crippen LogP contribution in [0.4, 0.5) is 5.69 Å². The maximum absolute atomic E-state index is 12.6. The molecule has 2 aromatic carbocycles. The highest BCUT2D eigenvalue weighted by Crippen LogP contribution is 2.26. The van der Waals surface area contributed by atoms with Crippen molar-refractivity contribution in [3.05, 3.63) is 77.0 Å². The second-order valence-corrected chi connectivity index (χ2v) is 6.20. The maximum atomic E-state index is 12.6. The molecule has 27 heavy (non-hydrogen) atoms. The molecule has 5 heteroatoms. The summed E-state index contributed by atoms with van der Waals surface area (Å²) in [6, 6.07) is 16.2. The minimum Gasteiger partial charge on any atom is -0.462 e. The highest BCUT2D eigenvalue weighted by atomic mass is 16.5. The van der Waals surface area contributed by atoms with Crippen molar-refractivity contribution in [2.75, 3.05) is 11.9 Å². The van der Waals surface area contributed by atoms with Gasteiger partial charge in [0.05, 0.1) is 17.7 Å². The molecular weight excluding hydrogens is 342 g/mol. The highest BCUT2D eigenvalue weighted by Gasteiger charge is 2.16. The van der Waals surface area contributed by atoms with Gasteiger partial charge in [-0.15, -0.1) is 0 Å². The molecule has 0 spiro atoms. The monoisotopic (exact) mass is 363 g/mol. The summed E-state index contributed by atoms with van der Waals surface area (Å²) in [5, 5.41) is 2.82. The molecule has 0 atom stereocenters. The van der Waals surface area contributed by atoms with E-state index in [-0.39, 0.29) is 11.9 Å². The van der Waals surface area contributed by atoms with Gasteiger partial charge in [-0.25, -0.2) is 4.79 Å². The lowest BCUT2D eigenvalue weighted by atomic mass is 10.1. The van der Waals surface area contributed by atoms with Crippen LogP contribution in [0.3, 0.4) is 0 Å². The van der Waals surface area contributed by atoms with Crippen LogP contribution in [0, 0.1) is 13.8 Å². The van der Waals surface area contributed by atoms with Gasteiger partial charge < -0.3 is 14.5 Å². The number of anilines is 1. The van der Waals surface area contributed by atoms with Gasteiger partial charge in [-0.05, 0) is 51.1 Å². The van der Waals surface area contributed by atoms with E-state index in [2.05, 4.69) is 5.32 Å². The van der Waals surface area contributed by atoms with Crippen LogP contribution in [0.1, 0.15) is 39.0 Å². The quantitative estimate of drug-likeness (QED) is 0.648. The molecule has 0 aliphatic heterocycles. The zero-order valence-corrected chi connectivity index (χ0v) is 15.5. The predicted molar refractivity (Wildman–Crippen MR) is 104 cm³/mol. The molecule has 1 heterocycles. The van der Waals surface area contributed by atoms with Crippen molar-refractivity contribution in [1.29, 1.82) is 0 Å². The normalized spacial score (nSPS) is 10.5. The average Bonchev–Trinajstić information content (AvgIpc) is 3.05. The van der Waals surface area contributed by atoms with E-state index in [9.17, 15) is 9.59 Å². The largest absolute Gasteiger partial charge is 0.462 e. The molecule has 0 fully saturated rings. The molecule has 3 rings (SSSR count). The van der Waals surface area contributed by atoms with Gasteiger partial charge >= 0.3 is 5.97 Å². The standard InChI is InChI=1S/C22H21NO4/c1-4-26-22(25)17-9-11-18(12-10-17)23-21(24)19-13-20(27-15(19)3)16-7-5-14(2)6-8-16/h5-13H,4H2,1-3H3,(H,23,24). The van der Waals surface area contributed by atoms with E-state index in [1.165, 1.54) is 0 Å². The first kappa shape index (κ1) is 18.5. The molecule has 0 aliphatic rings. The highest BCUT2D eigenvalue weighted by molar-refractivity contribution is 6.05. The van der Waals surface area contributed by atoms with Gasteiger partial charge in [0.25, 0.3) is 5.91 Å².